The average Bonchev–Trinajstić information content (AvgIpc) is 2.54. The van der Waals surface area contributed by atoms with E-state index >= 15 is 0 Å². The van der Waals surface area contributed by atoms with E-state index in [2.05, 4.69) is 4.74 Å². The number of benzene rings is 2. The lowest BCUT2D eigenvalue weighted by Gasteiger charge is -2.25. The Morgan fingerprint density at radius 2 is 1.56 bits per heavy atom. The van der Waals surface area contributed by atoms with Gasteiger partial charge in [-0.05, 0) is 35.4 Å². The molecule has 0 aliphatic rings. The zero-order chi connectivity index (χ0) is 18.0. The Kier molecular flexibility index (Phi) is 7.14. The van der Waals surface area contributed by atoms with Crippen LogP contribution in [0.5, 0.6) is 5.75 Å². The van der Waals surface area contributed by atoms with E-state index in [1.165, 1.54) is 36.4 Å². The summed E-state index contributed by atoms with van der Waals surface area (Å²) in [4.78, 5) is 11.6. The molecule has 0 radical (unpaired) electrons. The van der Waals surface area contributed by atoms with Gasteiger partial charge in [0.05, 0.1) is 10.0 Å². The van der Waals surface area contributed by atoms with Crippen molar-refractivity contribution in [3.05, 3.63) is 63.6 Å². The number of halogens is 6. The normalized spacial score (nSPS) is 13.5. The number of nitrogens with two attached hydrogens (primary N) is 1. The van der Waals surface area contributed by atoms with E-state index in [1.807, 2.05) is 0 Å². The number of aldehydes is 1. The quantitative estimate of drug-likeness (QED) is 0.718. The van der Waals surface area contributed by atoms with Crippen molar-refractivity contribution in [2.75, 3.05) is 6.61 Å². The van der Waals surface area contributed by atoms with E-state index in [0.717, 1.165) is 0 Å². The van der Waals surface area contributed by atoms with Crippen molar-refractivity contribution < 1.29 is 22.7 Å². The SMILES string of the molecule is Cl.NC(C=O)(c1ccc(OCC(F)(F)F)cc1)c1ccc(Cl)c(Cl)c1. The number of carbonyl (C=O) groups is 1. The van der Waals surface area contributed by atoms with Crippen LogP contribution in [0.3, 0.4) is 0 Å². The molecule has 0 aromatic heterocycles. The van der Waals surface area contributed by atoms with Crippen LogP contribution in [-0.2, 0) is 10.3 Å². The van der Waals surface area contributed by atoms with Crippen molar-refractivity contribution in [2.24, 2.45) is 5.73 Å². The molecule has 0 saturated carbocycles. The van der Waals surface area contributed by atoms with Gasteiger partial charge in [0, 0.05) is 0 Å². The Hall–Kier alpha value is -1.47. The second kappa shape index (κ2) is 8.27. The van der Waals surface area contributed by atoms with Crippen LogP contribution in [0, 0.1) is 0 Å². The Balaban J connectivity index is 0.00000312. The van der Waals surface area contributed by atoms with Crippen molar-refractivity contribution in [3.8, 4) is 5.75 Å². The van der Waals surface area contributed by atoms with Crippen molar-refractivity contribution in [3.63, 3.8) is 0 Å². The molecule has 1 atom stereocenters. The van der Waals surface area contributed by atoms with E-state index < -0.39 is 18.3 Å². The predicted octanol–water partition coefficient (Wildman–Crippen LogP) is 4.76. The summed E-state index contributed by atoms with van der Waals surface area (Å²) in [6, 6.07) is 9.98. The Labute approximate surface area is 158 Å². The summed E-state index contributed by atoms with van der Waals surface area (Å²) in [7, 11) is 0. The molecule has 2 N–H and O–H groups in total. The van der Waals surface area contributed by atoms with Crippen LogP contribution >= 0.6 is 35.6 Å². The number of hydrogen-bond donors (Lipinski definition) is 1. The van der Waals surface area contributed by atoms with E-state index in [4.69, 9.17) is 28.9 Å². The molecule has 0 amide bonds. The van der Waals surface area contributed by atoms with Crippen LogP contribution in [0.1, 0.15) is 11.1 Å². The van der Waals surface area contributed by atoms with Crippen LogP contribution in [0.2, 0.25) is 10.0 Å². The minimum absolute atomic E-state index is 0. The highest BCUT2D eigenvalue weighted by molar-refractivity contribution is 6.42. The molecule has 25 heavy (non-hydrogen) atoms. The molecule has 9 heteroatoms. The average molecular weight is 415 g/mol. The molecule has 3 nitrogen and oxygen atoms in total. The lowest BCUT2D eigenvalue weighted by atomic mass is 9.85. The van der Waals surface area contributed by atoms with Crippen molar-refractivity contribution in [2.45, 2.75) is 11.7 Å². The van der Waals surface area contributed by atoms with Gasteiger partial charge in [-0.1, -0.05) is 41.4 Å². The fraction of sp³-hybridized carbons (Fsp3) is 0.188. The highest BCUT2D eigenvalue weighted by Gasteiger charge is 2.31. The first kappa shape index (κ1) is 21.6. The van der Waals surface area contributed by atoms with Gasteiger partial charge in [-0.3, -0.25) is 0 Å². The molecule has 0 aliphatic heterocycles. The molecule has 0 heterocycles. The van der Waals surface area contributed by atoms with Gasteiger partial charge in [0.1, 0.15) is 17.6 Å². The topological polar surface area (TPSA) is 52.3 Å². The Morgan fingerprint density at radius 3 is 2.04 bits per heavy atom. The van der Waals surface area contributed by atoms with Gasteiger partial charge in [-0.2, -0.15) is 13.2 Å². The lowest BCUT2D eigenvalue weighted by molar-refractivity contribution is -0.153. The summed E-state index contributed by atoms with van der Waals surface area (Å²) in [5.74, 6) is 0.0125. The number of alkyl halides is 3. The van der Waals surface area contributed by atoms with Gasteiger partial charge >= 0.3 is 6.18 Å². The molecule has 1 unspecified atom stereocenters. The largest absolute Gasteiger partial charge is 0.484 e. The minimum Gasteiger partial charge on any atom is -0.484 e. The van der Waals surface area contributed by atoms with Crippen LogP contribution < -0.4 is 10.5 Å². The highest BCUT2D eigenvalue weighted by Crippen LogP contribution is 2.31. The highest BCUT2D eigenvalue weighted by atomic mass is 35.5. The Bertz CT molecular complexity index is 738. The fourth-order valence-corrected chi connectivity index (χ4v) is 2.35. The van der Waals surface area contributed by atoms with Gasteiger partial charge in [-0.25, -0.2) is 0 Å². The molecular formula is C16H13Cl3F3NO2. The van der Waals surface area contributed by atoms with Crippen LogP contribution in [-0.4, -0.2) is 19.1 Å². The van der Waals surface area contributed by atoms with Gasteiger partial charge in [0.2, 0.25) is 0 Å². The first-order chi connectivity index (χ1) is 11.2. The molecule has 0 aliphatic carbocycles. The maximum absolute atomic E-state index is 12.1. The summed E-state index contributed by atoms with van der Waals surface area (Å²) < 4.78 is 41.0. The third-order valence-corrected chi connectivity index (χ3v) is 4.06. The lowest BCUT2D eigenvalue weighted by Crippen LogP contribution is -2.39. The van der Waals surface area contributed by atoms with E-state index in [0.29, 0.717) is 22.4 Å². The van der Waals surface area contributed by atoms with E-state index in [9.17, 15) is 18.0 Å². The zero-order valence-corrected chi connectivity index (χ0v) is 14.8. The Morgan fingerprint density at radius 1 is 1.00 bits per heavy atom. The monoisotopic (exact) mass is 413 g/mol. The predicted molar refractivity (Wildman–Crippen MR) is 92.7 cm³/mol. The third kappa shape index (κ3) is 5.25. The maximum Gasteiger partial charge on any atom is 0.422 e. The van der Waals surface area contributed by atoms with E-state index in [-0.39, 0.29) is 23.2 Å². The van der Waals surface area contributed by atoms with Gasteiger partial charge < -0.3 is 15.3 Å². The molecule has 0 fully saturated rings. The molecule has 136 valence electrons. The summed E-state index contributed by atoms with van der Waals surface area (Å²) >= 11 is 11.8. The number of ether oxygens (including phenoxy) is 1. The number of hydrogen-bond acceptors (Lipinski definition) is 3. The second-order valence-electron chi connectivity index (χ2n) is 5.04. The zero-order valence-electron chi connectivity index (χ0n) is 12.5. The second-order valence-corrected chi connectivity index (χ2v) is 5.86. The van der Waals surface area contributed by atoms with Crippen LogP contribution in [0.25, 0.3) is 0 Å². The molecule has 2 aromatic rings. The summed E-state index contributed by atoms with van der Waals surface area (Å²) in [5.41, 5.74) is 5.41. The molecular weight excluding hydrogens is 402 g/mol. The van der Waals surface area contributed by atoms with Crippen LogP contribution in [0.15, 0.2) is 42.5 Å². The first-order valence-corrected chi connectivity index (χ1v) is 7.42. The molecule has 0 bridgehead atoms. The van der Waals surface area contributed by atoms with Gasteiger partial charge in [0.15, 0.2) is 6.61 Å². The first-order valence-electron chi connectivity index (χ1n) is 6.66. The van der Waals surface area contributed by atoms with Gasteiger partial charge in [-0.15, -0.1) is 12.4 Å². The van der Waals surface area contributed by atoms with Crippen LogP contribution in [0.4, 0.5) is 13.2 Å². The summed E-state index contributed by atoms with van der Waals surface area (Å²) in [6.45, 7) is -1.40. The van der Waals surface area contributed by atoms with E-state index in [1.54, 1.807) is 6.07 Å². The third-order valence-electron chi connectivity index (χ3n) is 3.32. The standard InChI is InChI=1S/C16H12Cl2F3NO2.ClH/c17-13-6-3-11(7-14(13)18)15(22,8-23)10-1-4-12(5-2-10)24-9-16(19,20)21;/h1-8H,9,22H2;1H. The fourth-order valence-electron chi connectivity index (χ4n) is 2.05. The van der Waals surface area contributed by atoms with Crippen molar-refractivity contribution in [1.29, 1.82) is 0 Å². The molecule has 0 saturated heterocycles. The minimum atomic E-state index is -4.43. The summed E-state index contributed by atoms with van der Waals surface area (Å²) in [6.07, 6.45) is -3.91. The summed E-state index contributed by atoms with van der Waals surface area (Å²) in [5, 5.41) is 0.542. The molecule has 0 spiro atoms. The maximum atomic E-state index is 12.1. The van der Waals surface area contributed by atoms with Crippen molar-refractivity contribution >= 4 is 41.9 Å². The molecule has 2 aromatic carbocycles. The molecule has 2 rings (SSSR count). The number of rotatable bonds is 5. The van der Waals surface area contributed by atoms with Gasteiger partial charge in [0.25, 0.3) is 0 Å². The number of carbonyl (C=O) groups excluding carboxylic acids is 1. The van der Waals surface area contributed by atoms with Crippen molar-refractivity contribution in [1.82, 2.24) is 0 Å². The smallest absolute Gasteiger partial charge is 0.422 e.